The number of aliphatic hydroxyl groups is 1. The van der Waals surface area contributed by atoms with Crippen LogP contribution in [0.15, 0.2) is 0 Å². The number of rotatable bonds is 0. The van der Waals surface area contributed by atoms with Gasteiger partial charge < -0.3 is 18.1 Å². The molecular weight excluding hydrogens is 120 g/mol. The van der Waals surface area contributed by atoms with Gasteiger partial charge in [-0.25, -0.2) is 5.82 Å². The van der Waals surface area contributed by atoms with E-state index in [0.717, 1.165) is 5.82 Å². The largest absolute Gasteiger partial charge is 0.557 e. The molecule has 0 atom stereocenters. The van der Waals surface area contributed by atoms with E-state index < -0.39 is 13.6 Å². The van der Waals surface area contributed by atoms with Crippen LogP contribution >= 0.6 is 0 Å². The molecule has 0 aliphatic heterocycles. The van der Waals surface area contributed by atoms with Crippen molar-refractivity contribution in [2.45, 2.75) is 0 Å². The topological polar surface area (TPSA) is 20.2 Å². The molecule has 0 bridgehead atoms. The summed E-state index contributed by atoms with van der Waals surface area (Å²) in [4.78, 5) is 0. The maximum atomic E-state index is 11.0. The van der Waals surface area contributed by atoms with E-state index in [9.17, 15) is 12.9 Å². The van der Waals surface area contributed by atoms with Gasteiger partial charge in [-0.2, -0.15) is 0 Å². The molecule has 0 heterocycles. The Kier molecular flexibility index (Phi) is 2.42. The Morgan fingerprint density at radius 1 is 1.38 bits per heavy atom. The Morgan fingerprint density at radius 3 is 2.00 bits per heavy atom. The van der Waals surface area contributed by atoms with Crippen LogP contribution in [0, 0.1) is 11.7 Å². The van der Waals surface area contributed by atoms with Crippen molar-refractivity contribution in [3.8, 4) is 11.7 Å². The first-order valence-corrected chi connectivity index (χ1v) is 1.86. The first-order chi connectivity index (χ1) is 3.56. The normalized spacial score (nSPS) is 10.0. The van der Waals surface area contributed by atoms with Crippen molar-refractivity contribution < 1.29 is 18.1 Å². The van der Waals surface area contributed by atoms with E-state index in [1.807, 2.05) is 0 Å². The lowest BCUT2D eigenvalue weighted by atomic mass is 9.94. The van der Waals surface area contributed by atoms with Crippen molar-refractivity contribution in [2.24, 2.45) is 0 Å². The van der Waals surface area contributed by atoms with Gasteiger partial charge >= 0.3 is 6.98 Å². The van der Waals surface area contributed by atoms with Crippen molar-refractivity contribution in [3.05, 3.63) is 0 Å². The zero-order chi connectivity index (χ0) is 6.62. The van der Waals surface area contributed by atoms with Crippen molar-refractivity contribution in [1.29, 1.82) is 0 Å². The van der Waals surface area contributed by atoms with Crippen LogP contribution in [0.1, 0.15) is 0 Å². The third kappa shape index (κ3) is 5.37. The highest BCUT2D eigenvalue weighted by atomic mass is 19.4. The van der Waals surface area contributed by atoms with Gasteiger partial charge in [0.1, 0.15) is 6.61 Å². The molecule has 0 aliphatic carbocycles. The summed E-state index contributed by atoms with van der Waals surface area (Å²) in [6, 6.07) is 0. The monoisotopic (exact) mass is 123 g/mol. The summed E-state index contributed by atoms with van der Waals surface area (Å²) in [5.74, 6) is 2.43. The van der Waals surface area contributed by atoms with Crippen LogP contribution in [-0.2, 0) is 0 Å². The van der Waals surface area contributed by atoms with Gasteiger partial charge in [-0.15, -0.1) is 5.92 Å². The molecule has 0 fully saturated rings. The number of aliphatic hydroxyl groups excluding tert-OH is 1. The minimum Gasteiger partial charge on any atom is -0.438 e. The predicted molar refractivity (Wildman–Crippen MR) is 23.9 cm³/mol. The molecule has 0 unspecified atom stereocenters. The van der Waals surface area contributed by atoms with Crippen LogP contribution in [0.3, 0.4) is 0 Å². The molecular formula is C3H3BF3O-. The lowest BCUT2D eigenvalue weighted by Gasteiger charge is -2.00. The smallest absolute Gasteiger partial charge is 0.438 e. The van der Waals surface area contributed by atoms with Crippen molar-refractivity contribution in [1.82, 2.24) is 0 Å². The van der Waals surface area contributed by atoms with Gasteiger partial charge in [0.25, 0.3) is 0 Å². The van der Waals surface area contributed by atoms with E-state index in [-0.39, 0.29) is 0 Å². The average Bonchev–Trinajstić information content (AvgIpc) is 1.59. The van der Waals surface area contributed by atoms with Gasteiger partial charge in [-0.1, -0.05) is 0 Å². The van der Waals surface area contributed by atoms with Crippen LogP contribution in [0.2, 0.25) is 0 Å². The molecule has 0 aliphatic rings. The second-order valence-electron chi connectivity index (χ2n) is 1.05. The molecule has 46 valence electrons. The van der Waals surface area contributed by atoms with E-state index in [2.05, 4.69) is 0 Å². The van der Waals surface area contributed by atoms with Gasteiger partial charge in [0, 0.05) is 0 Å². The standard InChI is InChI=1S/C3H3BF3O/c5-4(6,7)2-1-3-8/h8H,3H2/q-1. The fourth-order valence-electron chi connectivity index (χ4n) is 0.161. The van der Waals surface area contributed by atoms with E-state index >= 15 is 0 Å². The number of hydrogen-bond acceptors (Lipinski definition) is 1. The molecule has 1 nitrogen and oxygen atoms in total. The van der Waals surface area contributed by atoms with Crippen molar-refractivity contribution in [3.63, 3.8) is 0 Å². The van der Waals surface area contributed by atoms with E-state index in [0.29, 0.717) is 0 Å². The molecule has 0 aromatic rings. The fourth-order valence-corrected chi connectivity index (χ4v) is 0.161. The molecule has 1 N–H and O–H groups in total. The quantitative estimate of drug-likeness (QED) is 0.364. The highest BCUT2D eigenvalue weighted by molar-refractivity contribution is 6.67. The first-order valence-electron chi connectivity index (χ1n) is 1.86. The Bertz CT molecular complexity index is 119. The summed E-state index contributed by atoms with van der Waals surface area (Å²) >= 11 is 0. The van der Waals surface area contributed by atoms with Crippen LogP contribution in [0.25, 0.3) is 0 Å². The fraction of sp³-hybridized carbons (Fsp3) is 0.333. The molecule has 0 spiro atoms. The summed E-state index contributed by atoms with van der Waals surface area (Å²) in [6.45, 7) is -5.76. The second kappa shape index (κ2) is 2.63. The molecule has 0 radical (unpaired) electrons. The maximum absolute atomic E-state index is 11.0. The predicted octanol–water partition coefficient (Wildman–Crippen LogP) is 0.369. The van der Waals surface area contributed by atoms with Gasteiger partial charge in [0.2, 0.25) is 0 Å². The Balaban J connectivity index is 3.69. The molecule has 0 saturated carbocycles. The minimum absolute atomic E-state index is 0.735. The zero-order valence-corrected chi connectivity index (χ0v) is 3.87. The summed E-state index contributed by atoms with van der Waals surface area (Å²) in [6.07, 6.45) is 0. The Hall–Kier alpha value is -0.625. The molecule has 0 aromatic heterocycles. The lowest BCUT2D eigenvalue weighted by molar-refractivity contribution is 0.350. The summed E-state index contributed by atoms with van der Waals surface area (Å²) in [5, 5.41) is 7.77. The number of hydrogen-bond donors (Lipinski definition) is 1. The second-order valence-corrected chi connectivity index (χ2v) is 1.05. The summed E-state index contributed by atoms with van der Waals surface area (Å²) < 4.78 is 33.1. The highest BCUT2D eigenvalue weighted by Crippen LogP contribution is 2.04. The highest BCUT2D eigenvalue weighted by Gasteiger charge is 2.17. The van der Waals surface area contributed by atoms with Crippen LogP contribution < -0.4 is 0 Å². The van der Waals surface area contributed by atoms with Gasteiger partial charge in [-0.3, -0.25) is 0 Å². The Labute approximate surface area is 44.6 Å². The third-order valence-corrected chi connectivity index (χ3v) is 0.345. The van der Waals surface area contributed by atoms with E-state index in [4.69, 9.17) is 5.11 Å². The van der Waals surface area contributed by atoms with Crippen LogP contribution in [0.5, 0.6) is 0 Å². The molecule has 0 rings (SSSR count). The number of halogens is 3. The van der Waals surface area contributed by atoms with Gasteiger partial charge in [-0.05, 0) is 0 Å². The summed E-state index contributed by atoms with van der Waals surface area (Å²) in [7, 11) is 0. The molecule has 0 amide bonds. The molecule has 0 aromatic carbocycles. The van der Waals surface area contributed by atoms with Crippen LogP contribution in [-0.4, -0.2) is 18.7 Å². The first kappa shape index (κ1) is 7.37. The molecule has 5 heteroatoms. The van der Waals surface area contributed by atoms with E-state index in [1.165, 1.54) is 5.92 Å². The van der Waals surface area contributed by atoms with E-state index in [1.54, 1.807) is 0 Å². The molecule has 8 heavy (non-hydrogen) atoms. The maximum Gasteiger partial charge on any atom is 0.557 e. The van der Waals surface area contributed by atoms with Crippen molar-refractivity contribution in [2.75, 3.05) is 6.61 Å². The minimum atomic E-state index is -5.02. The average molecular weight is 123 g/mol. The zero-order valence-electron chi connectivity index (χ0n) is 3.87. The van der Waals surface area contributed by atoms with Gasteiger partial charge in [0.15, 0.2) is 0 Å². The van der Waals surface area contributed by atoms with Crippen LogP contribution in [0.4, 0.5) is 12.9 Å². The van der Waals surface area contributed by atoms with Gasteiger partial charge in [0.05, 0.1) is 0 Å². The lowest BCUT2D eigenvalue weighted by Crippen LogP contribution is -2.10. The van der Waals surface area contributed by atoms with Crippen molar-refractivity contribution >= 4 is 6.98 Å². The SMILES string of the molecule is OCC#C[B-](F)(F)F. The molecule has 0 saturated heterocycles. The third-order valence-electron chi connectivity index (χ3n) is 0.345. The summed E-state index contributed by atoms with van der Waals surface area (Å²) in [5.41, 5.74) is 0. The Morgan fingerprint density at radius 2 is 1.88 bits per heavy atom.